The number of rotatable bonds is 8. The lowest BCUT2D eigenvalue weighted by molar-refractivity contribution is -0.106. The predicted molar refractivity (Wildman–Crippen MR) is 184 cm³/mol. The summed E-state index contributed by atoms with van der Waals surface area (Å²) < 4.78 is 118. The fourth-order valence-electron chi connectivity index (χ4n) is 4.65. The van der Waals surface area contributed by atoms with Gasteiger partial charge in [0, 0.05) is 21.9 Å². The Labute approximate surface area is 292 Å². The summed E-state index contributed by atoms with van der Waals surface area (Å²) in [6.45, 7) is 3.09. The van der Waals surface area contributed by atoms with Crippen molar-refractivity contribution in [2.75, 3.05) is 15.2 Å². The summed E-state index contributed by atoms with van der Waals surface area (Å²) in [4.78, 5) is 0. The van der Waals surface area contributed by atoms with Crippen LogP contribution >= 0.6 is 23.2 Å². The van der Waals surface area contributed by atoms with Crippen LogP contribution in [0.15, 0.2) is 72.8 Å². The van der Waals surface area contributed by atoms with Crippen molar-refractivity contribution in [1.82, 2.24) is 20.4 Å². The largest absolute Gasteiger partial charge is 0.404 e. The van der Waals surface area contributed by atoms with Gasteiger partial charge in [-0.1, -0.05) is 83.9 Å². The van der Waals surface area contributed by atoms with Crippen molar-refractivity contribution in [2.45, 2.75) is 25.3 Å². The van der Waals surface area contributed by atoms with Crippen LogP contribution in [0.5, 0.6) is 0 Å². The topological polar surface area (TPSA) is 150 Å². The van der Waals surface area contributed by atoms with E-state index in [1.165, 1.54) is 6.07 Å². The highest BCUT2D eigenvalue weighted by molar-refractivity contribution is 7.93. The van der Waals surface area contributed by atoms with Crippen LogP contribution in [0.3, 0.4) is 0 Å². The molecule has 0 bridgehead atoms. The quantitative estimate of drug-likeness (QED) is 0.114. The Morgan fingerprint density at radius 2 is 1.12 bits per heavy atom. The molecule has 0 fully saturated rings. The number of hydrogen-bond acceptors (Lipinski definition) is 6. The maximum Gasteiger partial charge on any atom is 0.404 e. The molecule has 4 N–H and O–H groups in total. The lowest BCUT2D eigenvalue weighted by atomic mass is 10.0. The predicted octanol–water partition coefficient (Wildman–Crippen LogP) is 8.50. The zero-order valence-electron chi connectivity index (χ0n) is 25.7. The van der Waals surface area contributed by atoms with Gasteiger partial charge in [-0.3, -0.25) is 19.6 Å². The average molecular weight is 776 g/mol. The van der Waals surface area contributed by atoms with Crippen molar-refractivity contribution in [1.29, 1.82) is 0 Å². The third kappa shape index (κ3) is 7.96. The number of nitrogens with one attached hydrogen (secondary N) is 4. The van der Waals surface area contributed by atoms with Gasteiger partial charge >= 0.3 is 6.18 Å². The van der Waals surface area contributed by atoms with E-state index in [0.717, 1.165) is 5.56 Å². The van der Waals surface area contributed by atoms with Gasteiger partial charge in [0.05, 0.1) is 15.3 Å². The number of anilines is 2. The molecule has 0 unspecified atom stereocenters. The third-order valence-electron chi connectivity index (χ3n) is 7.12. The Morgan fingerprint density at radius 3 is 1.50 bits per heavy atom. The maximum absolute atomic E-state index is 14.6. The molecule has 0 spiro atoms. The van der Waals surface area contributed by atoms with E-state index < -0.39 is 54.7 Å². The molecule has 6 aromatic rings. The Morgan fingerprint density at radius 1 is 0.720 bits per heavy atom. The second kappa shape index (κ2) is 14.0. The highest BCUT2D eigenvalue weighted by atomic mass is 35.5. The number of aromatic amines is 2. The normalized spacial score (nSPS) is 12.3. The Hall–Kier alpha value is -4.45. The van der Waals surface area contributed by atoms with Gasteiger partial charge in [0.25, 0.3) is 0 Å². The van der Waals surface area contributed by atoms with Gasteiger partial charge in [-0.25, -0.2) is 25.6 Å². The van der Waals surface area contributed by atoms with E-state index in [-0.39, 0.29) is 37.8 Å². The smallest absolute Gasteiger partial charge is 0.273 e. The maximum atomic E-state index is 14.6. The monoisotopic (exact) mass is 774 g/mol. The fourth-order valence-corrected chi connectivity index (χ4v) is 6.78. The van der Waals surface area contributed by atoms with Gasteiger partial charge < -0.3 is 0 Å². The second-order valence-corrected chi connectivity index (χ2v) is 15.7. The zero-order valence-corrected chi connectivity index (χ0v) is 28.8. The van der Waals surface area contributed by atoms with E-state index in [1.807, 2.05) is 18.2 Å². The van der Waals surface area contributed by atoms with E-state index in [9.17, 15) is 38.8 Å². The lowest BCUT2D eigenvalue weighted by Gasteiger charge is -2.10. The van der Waals surface area contributed by atoms with Gasteiger partial charge in [-0.2, -0.15) is 23.4 Å². The van der Waals surface area contributed by atoms with Crippen LogP contribution in [-0.2, 0) is 20.0 Å². The molecule has 0 aliphatic heterocycles. The molecule has 0 aliphatic rings. The number of alkyl halides is 3. The fraction of sp³-hybridized carbons (Fsp3) is 0.161. The molecule has 10 nitrogen and oxygen atoms in total. The molecule has 0 atom stereocenters. The summed E-state index contributed by atoms with van der Waals surface area (Å²) in [7, 11) is -8.37. The number of fused-ring (bicyclic) bond motifs is 2. The molecule has 2 heterocycles. The van der Waals surface area contributed by atoms with Crippen molar-refractivity contribution >= 4 is 76.7 Å². The highest BCUT2D eigenvalue weighted by Gasteiger charge is 2.36. The van der Waals surface area contributed by atoms with Crippen molar-refractivity contribution in [3.63, 3.8) is 0 Å². The van der Waals surface area contributed by atoms with Crippen LogP contribution in [0, 0.1) is 11.6 Å². The number of nitrogens with zero attached hydrogens (tertiary/aromatic N) is 2. The van der Waals surface area contributed by atoms with Crippen LogP contribution in [0.2, 0.25) is 10.0 Å². The molecule has 4 aromatic carbocycles. The number of sulfonamides is 2. The number of halogens is 7. The first-order valence-corrected chi connectivity index (χ1v) is 18.3. The van der Waals surface area contributed by atoms with Gasteiger partial charge in [0.15, 0.2) is 29.0 Å². The van der Waals surface area contributed by atoms with Crippen LogP contribution < -0.4 is 9.44 Å². The van der Waals surface area contributed by atoms with Crippen molar-refractivity contribution in [3.8, 4) is 22.3 Å². The zero-order chi connectivity index (χ0) is 36.6. The van der Waals surface area contributed by atoms with E-state index >= 15 is 0 Å². The molecule has 0 saturated carbocycles. The summed E-state index contributed by atoms with van der Waals surface area (Å²) in [5.41, 5.74) is 1.81. The summed E-state index contributed by atoms with van der Waals surface area (Å²) >= 11 is 12.2. The standard InChI is InChI=1S/C16H15ClFN3O2S.C15H10ClF4N3O2S/c1-9(2)24(22,23)21-16-12-8-11(10-6-4-3-5-7-10)13(17)14(18)15(12)19-20-16;16-11-9(8-4-2-1-3-5-8)6-10-13(12(11)17)21-22-14(10)23-26(24,25)7-15(18,19)20/h3-9H,1-2H3,(H2,19,20,21);1-6H,7H2,(H2,21,22,23). The minimum Gasteiger partial charge on any atom is -0.273 e. The molecule has 0 aliphatic carbocycles. The first-order chi connectivity index (χ1) is 23.4. The molecule has 264 valence electrons. The molecular weight excluding hydrogens is 750 g/mol. The van der Waals surface area contributed by atoms with Crippen LogP contribution in [0.25, 0.3) is 44.1 Å². The molecule has 0 saturated heterocycles. The minimum atomic E-state index is -4.93. The molecule has 19 heteroatoms. The summed E-state index contributed by atoms with van der Waals surface area (Å²) in [5, 5.41) is 11.6. The Kier molecular flexibility index (Phi) is 10.3. The summed E-state index contributed by atoms with van der Waals surface area (Å²) in [6, 6.07) is 20.5. The number of H-pyrrole nitrogens is 2. The molecular formula is C31H25Cl2F5N6O4S2. The second-order valence-electron chi connectivity index (χ2n) is 11.0. The minimum absolute atomic E-state index is 0.0449. The molecule has 6 rings (SSSR count). The van der Waals surface area contributed by atoms with Crippen LogP contribution in [-0.4, -0.2) is 54.4 Å². The van der Waals surface area contributed by atoms with Crippen molar-refractivity contribution in [3.05, 3.63) is 94.5 Å². The van der Waals surface area contributed by atoms with Gasteiger partial charge in [0.1, 0.15) is 11.0 Å². The molecule has 50 heavy (non-hydrogen) atoms. The average Bonchev–Trinajstić information content (AvgIpc) is 3.63. The Balaban J connectivity index is 0.000000195. The third-order valence-corrected chi connectivity index (χ3v) is 10.8. The number of aromatic nitrogens is 4. The van der Waals surface area contributed by atoms with Crippen molar-refractivity contribution < 1.29 is 38.8 Å². The summed E-state index contributed by atoms with van der Waals surface area (Å²) in [5.74, 6) is -4.05. The van der Waals surface area contributed by atoms with Crippen molar-refractivity contribution in [2.24, 2.45) is 0 Å². The van der Waals surface area contributed by atoms with Crippen LogP contribution in [0.4, 0.5) is 33.6 Å². The summed E-state index contributed by atoms with van der Waals surface area (Å²) in [6.07, 6.45) is -4.93. The first-order valence-electron chi connectivity index (χ1n) is 14.3. The highest BCUT2D eigenvalue weighted by Crippen LogP contribution is 2.38. The van der Waals surface area contributed by atoms with E-state index in [0.29, 0.717) is 16.5 Å². The van der Waals surface area contributed by atoms with Gasteiger partial charge in [-0.15, -0.1) is 0 Å². The lowest BCUT2D eigenvalue weighted by Crippen LogP contribution is -2.28. The molecule has 0 radical (unpaired) electrons. The SMILES string of the molecule is CC(C)S(=O)(=O)Nc1n[nH]c2c(F)c(Cl)c(-c3ccccc3)cc12.O=S(=O)(CC(F)(F)F)Nc1n[nH]c2c(F)c(Cl)c(-c3ccccc3)cc12. The first kappa shape index (κ1) is 36.8. The molecule has 0 amide bonds. The molecule has 2 aromatic heterocycles. The van der Waals surface area contributed by atoms with E-state index in [1.54, 1.807) is 67.1 Å². The van der Waals surface area contributed by atoms with Gasteiger partial charge in [-0.05, 0) is 37.1 Å². The van der Waals surface area contributed by atoms with Crippen LogP contribution in [0.1, 0.15) is 13.8 Å². The number of benzene rings is 4. The van der Waals surface area contributed by atoms with E-state index in [2.05, 4.69) is 25.1 Å². The van der Waals surface area contributed by atoms with E-state index in [4.69, 9.17) is 23.2 Å². The number of hydrogen-bond donors (Lipinski definition) is 4. The Bertz CT molecular complexity index is 2410. The van der Waals surface area contributed by atoms with Gasteiger partial charge in [0.2, 0.25) is 20.0 Å².